The lowest BCUT2D eigenvalue weighted by molar-refractivity contribution is 0.532. The van der Waals surface area contributed by atoms with Gasteiger partial charge in [-0.25, -0.2) is 13.1 Å². The molecule has 1 aliphatic carbocycles. The average molecular weight is 256 g/mol. The van der Waals surface area contributed by atoms with Crippen molar-refractivity contribution in [1.29, 1.82) is 0 Å². The predicted octanol–water partition coefficient (Wildman–Crippen LogP) is 1.10. The van der Waals surface area contributed by atoms with Gasteiger partial charge in [-0.2, -0.15) is 0 Å². The molecule has 72 valence electrons. The van der Waals surface area contributed by atoms with E-state index in [1.807, 2.05) is 0 Å². The summed E-state index contributed by atoms with van der Waals surface area (Å²) in [6.45, 7) is 0.578. The molecule has 0 aromatic carbocycles. The molecule has 12 heavy (non-hydrogen) atoms. The summed E-state index contributed by atoms with van der Waals surface area (Å²) < 4.78 is 24.1. The highest BCUT2D eigenvalue weighted by Crippen LogP contribution is 2.30. The minimum atomic E-state index is -3.01. The van der Waals surface area contributed by atoms with Crippen LogP contribution in [0.5, 0.6) is 0 Å². The van der Waals surface area contributed by atoms with Crippen LogP contribution in [0.3, 0.4) is 0 Å². The third-order valence-corrected chi connectivity index (χ3v) is 4.07. The number of nitrogens with one attached hydrogen (secondary N) is 1. The molecule has 0 amide bonds. The van der Waals surface area contributed by atoms with Crippen LogP contribution in [0, 0.1) is 5.92 Å². The van der Waals surface area contributed by atoms with E-state index in [1.54, 1.807) is 0 Å². The Kier molecular flexibility index (Phi) is 3.55. The zero-order chi connectivity index (χ0) is 9.19. The Hall–Kier alpha value is 0.390. The molecule has 1 fully saturated rings. The van der Waals surface area contributed by atoms with Gasteiger partial charge in [0, 0.05) is 11.4 Å². The van der Waals surface area contributed by atoms with Crippen LogP contribution >= 0.6 is 15.9 Å². The number of hydrogen-bond donors (Lipinski definition) is 1. The molecule has 1 rings (SSSR count). The van der Waals surface area contributed by atoms with Crippen molar-refractivity contribution in [3.05, 3.63) is 0 Å². The fourth-order valence-corrected chi connectivity index (χ4v) is 2.77. The van der Waals surface area contributed by atoms with E-state index >= 15 is 0 Å². The minimum absolute atomic E-state index is 0.472. The molecule has 0 saturated heterocycles. The fraction of sp³-hybridized carbons (Fsp3) is 1.00. The van der Waals surface area contributed by atoms with Crippen molar-refractivity contribution in [2.45, 2.75) is 24.1 Å². The van der Waals surface area contributed by atoms with Crippen LogP contribution in [0.15, 0.2) is 0 Å². The largest absolute Gasteiger partial charge is 0.215 e. The van der Waals surface area contributed by atoms with Crippen LogP contribution in [0.2, 0.25) is 0 Å². The first-order chi connectivity index (χ1) is 5.49. The first-order valence-electron chi connectivity index (χ1n) is 4.08. The van der Waals surface area contributed by atoms with Gasteiger partial charge < -0.3 is 0 Å². The number of hydrogen-bond acceptors (Lipinski definition) is 2. The Morgan fingerprint density at radius 2 is 2.17 bits per heavy atom. The Morgan fingerprint density at radius 3 is 2.58 bits per heavy atom. The average Bonchev–Trinajstić information content (AvgIpc) is 2.29. The molecule has 0 radical (unpaired) electrons. The number of rotatable bonds is 3. The molecule has 3 nitrogen and oxygen atoms in total. The highest BCUT2D eigenvalue weighted by molar-refractivity contribution is 9.09. The van der Waals surface area contributed by atoms with Gasteiger partial charge in [0.2, 0.25) is 10.0 Å². The molecule has 0 aliphatic heterocycles. The summed E-state index contributed by atoms with van der Waals surface area (Å²) in [6, 6.07) is 0. The Balaban J connectivity index is 2.32. The fourth-order valence-electron chi connectivity index (χ4n) is 1.48. The highest BCUT2D eigenvalue weighted by Gasteiger charge is 2.25. The molecule has 2 unspecified atom stereocenters. The van der Waals surface area contributed by atoms with E-state index < -0.39 is 10.0 Å². The lowest BCUT2D eigenvalue weighted by Gasteiger charge is -2.13. The molecule has 0 heterocycles. The van der Waals surface area contributed by atoms with Crippen LogP contribution in [-0.4, -0.2) is 26.0 Å². The van der Waals surface area contributed by atoms with Gasteiger partial charge in [0.1, 0.15) is 0 Å². The van der Waals surface area contributed by atoms with Gasteiger partial charge in [-0.3, -0.25) is 0 Å². The van der Waals surface area contributed by atoms with Gasteiger partial charge in [-0.1, -0.05) is 22.4 Å². The minimum Gasteiger partial charge on any atom is -0.215 e. The second-order valence-electron chi connectivity index (χ2n) is 3.33. The maximum absolute atomic E-state index is 10.8. The molecule has 0 bridgehead atoms. The maximum Gasteiger partial charge on any atom is 0.208 e. The molecule has 1 aliphatic rings. The quantitative estimate of drug-likeness (QED) is 0.768. The summed E-state index contributed by atoms with van der Waals surface area (Å²) in [5.74, 6) is 0.472. The van der Waals surface area contributed by atoms with Gasteiger partial charge in [-0.15, -0.1) is 0 Å². The van der Waals surface area contributed by atoms with E-state index in [-0.39, 0.29) is 0 Å². The molecule has 5 heteroatoms. The van der Waals surface area contributed by atoms with Crippen LogP contribution in [-0.2, 0) is 10.0 Å². The zero-order valence-corrected chi connectivity index (χ0v) is 9.49. The monoisotopic (exact) mass is 255 g/mol. The van der Waals surface area contributed by atoms with E-state index in [0.29, 0.717) is 17.3 Å². The lowest BCUT2D eigenvalue weighted by atomic mass is 10.1. The smallest absolute Gasteiger partial charge is 0.208 e. The lowest BCUT2D eigenvalue weighted by Crippen LogP contribution is -2.29. The van der Waals surface area contributed by atoms with Gasteiger partial charge >= 0.3 is 0 Å². The normalized spacial score (nSPS) is 30.8. The highest BCUT2D eigenvalue weighted by atomic mass is 79.9. The van der Waals surface area contributed by atoms with Crippen molar-refractivity contribution in [3.63, 3.8) is 0 Å². The number of halogens is 1. The van der Waals surface area contributed by atoms with E-state index in [4.69, 9.17) is 0 Å². The van der Waals surface area contributed by atoms with E-state index in [0.717, 1.165) is 12.8 Å². The molecule has 2 atom stereocenters. The summed E-state index contributed by atoms with van der Waals surface area (Å²) in [5, 5.41) is 0. The SMILES string of the molecule is CS(=O)(=O)NCC1CCCC1Br. The predicted molar refractivity (Wildman–Crippen MR) is 52.9 cm³/mol. The van der Waals surface area contributed by atoms with Crippen LogP contribution in [0.4, 0.5) is 0 Å². The first-order valence-corrected chi connectivity index (χ1v) is 6.88. The molecule has 0 aromatic heterocycles. The third-order valence-electron chi connectivity index (χ3n) is 2.17. The van der Waals surface area contributed by atoms with Gasteiger partial charge in [0.15, 0.2) is 0 Å². The van der Waals surface area contributed by atoms with E-state index in [2.05, 4.69) is 20.7 Å². The second kappa shape index (κ2) is 4.07. The van der Waals surface area contributed by atoms with Crippen molar-refractivity contribution in [3.8, 4) is 0 Å². The van der Waals surface area contributed by atoms with Crippen LogP contribution < -0.4 is 4.72 Å². The van der Waals surface area contributed by atoms with Crippen molar-refractivity contribution in [1.82, 2.24) is 4.72 Å². The molecular weight excluding hydrogens is 242 g/mol. The van der Waals surface area contributed by atoms with Crippen molar-refractivity contribution >= 4 is 26.0 Å². The van der Waals surface area contributed by atoms with E-state index in [1.165, 1.54) is 12.7 Å². The topological polar surface area (TPSA) is 46.2 Å². The summed E-state index contributed by atoms with van der Waals surface area (Å²) in [4.78, 5) is 0.492. The third kappa shape index (κ3) is 3.41. The molecule has 0 aromatic rings. The van der Waals surface area contributed by atoms with Crippen molar-refractivity contribution in [2.24, 2.45) is 5.92 Å². The summed E-state index contributed by atoms with van der Waals surface area (Å²) in [5.41, 5.74) is 0. The van der Waals surface area contributed by atoms with E-state index in [9.17, 15) is 8.42 Å². The van der Waals surface area contributed by atoms with Gasteiger partial charge in [0.25, 0.3) is 0 Å². The first kappa shape index (κ1) is 10.5. The second-order valence-corrected chi connectivity index (χ2v) is 6.34. The number of alkyl halides is 1. The molecule has 1 N–H and O–H groups in total. The van der Waals surface area contributed by atoms with Gasteiger partial charge in [0.05, 0.1) is 6.26 Å². The summed E-state index contributed by atoms with van der Waals surface area (Å²) in [6.07, 6.45) is 4.69. The Labute approximate surface area is 82.1 Å². The molecule has 0 spiro atoms. The Bertz CT molecular complexity index is 240. The number of sulfonamides is 1. The zero-order valence-electron chi connectivity index (χ0n) is 7.09. The van der Waals surface area contributed by atoms with Crippen molar-refractivity contribution in [2.75, 3.05) is 12.8 Å². The molecular formula is C7H14BrNO2S. The molecule has 1 saturated carbocycles. The van der Waals surface area contributed by atoms with Crippen molar-refractivity contribution < 1.29 is 8.42 Å². The Morgan fingerprint density at radius 1 is 1.50 bits per heavy atom. The summed E-state index contributed by atoms with van der Waals surface area (Å²) in [7, 11) is -3.01. The van der Waals surface area contributed by atoms with Crippen LogP contribution in [0.1, 0.15) is 19.3 Å². The maximum atomic E-state index is 10.8. The standard InChI is InChI=1S/C7H14BrNO2S/c1-12(10,11)9-5-6-3-2-4-7(6)8/h6-7,9H,2-5H2,1H3. The summed E-state index contributed by atoms with van der Waals surface area (Å²) >= 11 is 3.54. The van der Waals surface area contributed by atoms with Gasteiger partial charge in [-0.05, 0) is 18.8 Å². The van der Waals surface area contributed by atoms with Crippen LogP contribution in [0.25, 0.3) is 0 Å².